The maximum absolute atomic E-state index is 12.6. The number of nitrogens with zero attached hydrogens (tertiary/aromatic N) is 2. The maximum Gasteiger partial charge on any atom is 0.404 e. The van der Waals surface area contributed by atoms with E-state index in [1.54, 1.807) is 10.6 Å². The predicted octanol–water partition coefficient (Wildman–Crippen LogP) is 3.31. The Bertz CT molecular complexity index is 1090. The van der Waals surface area contributed by atoms with Gasteiger partial charge in [0, 0.05) is 43.7 Å². The number of benzene rings is 2. The standard InChI is InChI=1S/C24H27N3O4/c28-23-10-9-20-21(7-4-8-22(20)31-17-18-5-2-1-3-6-18)27(23)16-15-26-13-11-19(12-14-26)25-24(29)30/h1-10,19,25H,11-17H2,(H,29,30). The van der Waals surface area contributed by atoms with Gasteiger partial charge in [-0.05, 0) is 36.6 Å². The van der Waals surface area contributed by atoms with E-state index in [0.29, 0.717) is 13.2 Å². The highest BCUT2D eigenvalue weighted by Gasteiger charge is 2.20. The summed E-state index contributed by atoms with van der Waals surface area (Å²) in [5, 5.41) is 12.3. The normalized spacial score (nSPS) is 15.1. The fourth-order valence-electron chi connectivity index (χ4n) is 4.11. The fraction of sp³-hybridized carbons (Fsp3) is 0.333. The van der Waals surface area contributed by atoms with Gasteiger partial charge in [-0.1, -0.05) is 36.4 Å². The topological polar surface area (TPSA) is 83.8 Å². The van der Waals surface area contributed by atoms with Crippen LogP contribution >= 0.6 is 0 Å². The number of likely N-dealkylation sites (tertiary alicyclic amines) is 1. The molecular formula is C24H27N3O4. The molecule has 0 atom stereocenters. The smallest absolute Gasteiger partial charge is 0.404 e. The van der Waals surface area contributed by atoms with Gasteiger partial charge in [-0.3, -0.25) is 4.79 Å². The van der Waals surface area contributed by atoms with Crippen molar-refractivity contribution in [3.05, 3.63) is 76.6 Å². The second-order valence-electron chi connectivity index (χ2n) is 7.85. The van der Waals surface area contributed by atoms with Gasteiger partial charge < -0.3 is 24.6 Å². The van der Waals surface area contributed by atoms with Crippen molar-refractivity contribution in [3.63, 3.8) is 0 Å². The first-order chi connectivity index (χ1) is 15.1. The number of piperidine rings is 1. The summed E-state index contributed by atoms with van der Waals surface area (Å²) in [6.07, 6.45) is 0.605. The van der Waals surface area contributed by atoms with Gasteiger partial charge in [0.05, 0.1) is 5.52 Å². The summed E-state index contributed by atoms with van der Waals surface area (Å²) in [5.41, 5.74) is 1.92. The Morgan fingerprint density at radius 1 is 1.00 bits per heavy atom. The van der Waals surface area contributed by atoms with E-state index < -0.39 is 6.09 Å². The summed E-state index contributed by atoms with van der Waals surface area (Å²) >= 11 is 0. The van der Waals surface area contributed by atoms with Gasteiger partial charge in [-0.2, -0.15) is 0 Å². The highest BCUT2D eigenvalue weighted by molar-refractivity contribution is 5.85. The van der Waals surface area contributed by atoms with Crippen LogP contribution in [0.1, 0.15) is 18.4 Å². The molecule has 1 aliphatic rings. The second-order valence-corrected chi connectivity index (χ2v) is 7.85. The van der Waals surface area contributed by atoms with Crippen molar-refractivity contribution in [1.82, 2.24) is 14.8 Å². The Morgan fingerprint density at radius 2 is 1.77 bits per heavy atom. The third kappa shape index (κ3) is 5.24. The van der Waals surface area contributed by atoms with Crippen molar-refractivity contribution in [1.29, 1.82) is 0 Å². The first-order valence-corrected chi connectivity index (χ1v) is 10.6. The van der Waals surface area contributed by atoms with Crippen LogP contribution in [0.4, 0.5) is 4.79 Å². The van der Waals surface area contributed by atoms with Crippen LogP contribution in [0.5, 0.6) is 5.75 Å². The van der Waals surface area contributed by atoms with Gasteiger partial charge in [-0.15, -0.1) is 0 Å². The number of amides is 1. The van der Waals surface area contributed by atoms with Gasteiger partial charge in [0.15, 0.2) is 0 Å². The molecule has 3 aromatic rings. The van der Waals surface area contributed by atoms with Gasteiger partial charge in [0.25, 0.3) is 5.56 Å². The molecule has 4 rings (SSSR count). The van der Waals surface area contributed by atoms with Crippen molar-refractivity contribution >= 4 is 17.0 Å². The number of carbonyl (C=O) groups is 1. The van der Waals surface area contributed by atoms with Gasteiger partial charge in [0.2, 0.25) is 0 Å². The highest BCUT2D eigenvalue weighted by Crippen LogP contribution is 2.25. The lowest BCUT2D eigenvalue weighted by molar-refractivity contribution is 0.166. The third-order valence-electron chi connectivity index (χ3n) is 5.78. The number of pyridine rings is 1. The molecule has 1 aromatic heterocycles. The van der Waals surface area contributed by atoms with Gasteiger partial charge in [0.1, 0.15) is 12.4 Å². The largest absolute Gasteiger partial charge is 0.488 e. The molecule has 31 heavy (non-hydrogen) atoms. The first kappa shape index (κ1) is 20.9. The van der Waals surface area contributed by atoms with Crippen LogP contribution in [-0.2, 0) is 13.2 Å². The summed E-state index contributed by atoms with van der Waals surface area (Å²) in [7, 11) is 0. The van der Waals surface area contributed by atoms with Crippen molar-refractivity contribution in [3.8, 4) is 5.75 Å². The van der Waals surface area contributed by atoms with Crippen molar-refractivity contribution < 1.29 is 14.6 Å². The van der Waals surface area contributed by atoms with E-state index >= 15 is 0 Å². The molecular weight excluding hydrogens is 394 g/mol. The zero-order chi connectivity index (χ0) is 21.6. The second kappa shape index (κ2) is 9.66. The Morgan fingerprint density at radius 3 is 2.52 bits per heavy atom. The zero-order valence-corrected chi connectivity index (χ0v) is 17.4. The van der Waals surface area contributed by atoms with Gasteiger partial charge in [-0.25, -0.2) is 4.79 Å². The predicted molar refractivity (Wildman–Crippen MR) is 120 cm³/mol. The van der Waals surface area contributed by atoms with Crippen molar-refractivity contribution in [2.75, 3.05) is 19.6 Å². The van der Waals surface area contributed by atoms with Crippen LogP contribution in [0.2, 0.25) is 0 Å². The quantitative estimate of drug-likeness (QED) is 0.612. The Balaban J connectivity index is 1.45. The molecule has 1 aliphatic heterocycles. The van der Waals surface area contributed by atoms with E-state index in [1.165, 1.54) is 0 Å². The van der Waals surface area contributed by atoms with Crippen LogP contribution in [0, 0.1) is 0 Å². The van der Waals surface area contributed by atoms with Crippen LogP contribution in [0.25, 0.3) is 10.9 Å². The highest BCUT2D eigenvalue weighted by atomic mass is 16.5. The lowest BCUT2D eigenvalue weighted by Crippen LogP contribution is -2.45. The molecule has 1 fully saturated rings. The number of rotatable bonds is 7. The lowest BCUT2D eigenvalue weighted by atomic mass is 10.1. The minimum absolute atomic E-state index is 0.0124. The minimum atomic E-state index is -0.967. The van der Waals surface area contributed by atoms with Crippen LogP contribution in [-0.4, -0.2) is 46.3 Å². The number of aromatic nitrogens is 1. The average molecular weight is 421 g/mol. The molecule has 7 heteroatoms. The number of carboxylic acid groups (broad SMARTS) is 1. The number of fused-ring (bicyclic) bond motifs is 1. The molecule has 2 aromatic carbocycles. The molecule has 0 saturated carbocycles. The molecule has 1 saturated heterocycles. The van der Waals surface area contributed by atoms with E-state index in [1.807, 2.05) is 54.6 Å². The molecule has 0 bridgehead atoms. The fourth-order valence-corrected chi connectivity index (χ4v) is 4.11. The Hall–Kier alpha value is -3.32. The van der Waals surface area contributed by atoms with Crippen molar-refractivity contribution in [2.45, 2.75) is 32.0 Å². The summed E-state index contributed by atoms with van der Waals surface area (Å²) < 4.78 is 7.86. The molecule has 162 valence electrons. The molecule has 0 radical (unpaired) electrons. The van der Waals surface area contributed by atoms with Crippen LogP contribution < -0.4 is 15.6 Å². The maximum atomic E-state index is 12.6. The Labute approximate surface area is 180 Å². The summed E-state index contributed by atoms with van der Waals surface area (Å²) in [4.78, 5) is 25.7. The molecule has 0 spiro atoms. The van der Waals surface area contributed by atoms with Crippen molar-refractivity contribution in [2.24, 2.45) is 0 Å². The van der Waals surface area contributed by atoms with Crippen LogP contribution in [0.15, 0.2) is 65.5 Å². The van der Waals surface area contributed by atoms with E-state index in [-0.39, 0.29) is 11.6 Å². The van der Waals surface area contributed by atoms with E-state index in [2.05, 4.69) is 10.2 Å². The average Bonchev–Trinajstić information content (AvgIpc) is 2.78. The summed E-state index contributed by atoms with van der Waals surface area (Å²) in [6, 6.07) is 19.2. The molecule has 0 aliphatic carbocycles. The number of hydrogen-bond acceptors (Lipinski definition) is 4. The van der Waals surface area contributed by atoms with Crippen LogP contribution in [0.3, 0.4) is 0 Å². The number of ether oxygens (including phenoxy) is 1. The van der Waals surface area contributed by atoms with E-state index in [4.69, 9.17) is 9.84 Å². The molecule has 1 amide bonds. The Kier molecular flexibility index (Phi) is 6.52. The molecule has 7 nitrogen and oxygen atoms in total. The first-order valence-electron chi connectivity index (χ1n) is 10.6. The minimum Gasteiger partial charge on any atom is -0.488 e. The lowest BCUT2D eigenvalue weighted by Gasteiger charge is -2.31. The van der Waals surface area contributed by atoms with E-state index in [9.17, 15) is 9.59 Å². The number of nitrogens with one attached hydrogen (secondary N) is 1. The van der Waals surface area contributed by atoms with E-state index in [0.717, 1.165) is 54.7 Å². The molecule has 0 unspecified atom stereocenters. The third-order valence-corrected chi connectivity index (χ3v) is 5.78. The van der Waals surface area contributed by atoms with Gasteiger partial charge >= 0.3 is 6.09 Å². The molecule has 2 heterocycles. The number of hydrogen-bond donors (Lipinski definition) is 2. The molecule has 2 N–H and O–H groups in total. The SMILES string of the molecule is O=C(O)NC1CCN(CCn2c(=O)ccc3c(OCc4ccccc4)cccc32)CC1. The monoisotopic (exact) mass is 421 g/mol. The summed E-state index contributed by atoms with van der Waals surface area (Å²) in [6.45, 7) is 3.42. The zero-order valence-electron chi connectivity index (χ0n) is 17.4. The summed E-state index contributed by atoms with van der Waals surface area (Å²) in [5.74, 6) is 0.760.